The predicted octanol–water partition coefficient (Wildman–Crippen LogP) is 4.80. The molecule has 0 fully saturated rings. The van der Waals surface area contributed by atoms with Crippen LogP contribution in [-0.4, -0.2) is 5.78 Å². The Kier molecular flexibility index (Phi) is 2.89. The molecular weight excluding hydrogens is 248 g/mol. The molecule has 0 spiro atoms. The number of ketones is 1. The number of benzene rings is 2. The van der Waals surface area contributed by atoms with E-state index in [9.17, 15) is 4.79 Å². The van der Waals surface area contributed by atoms with Gasteiger partial charge in [-0.05, 0) is 23.6 Å². The molecule has 102 valence electrons. The number of fused-ring (bicyclic) bond motifs is 2. The number of carbonyl (C=O) groups is 1. The van der Waals surface area contributed by atoms with E-state index in [0.29, 0.717) is 11.3 Å². The van der Waals surface area contributed by atoms with E-state index in [-0.39, 0.29) is 17.1 Å². The Bertz CT molecular complexity index is 665. The third-order valence-electron chi connectivity index (χ3n) is 3.73. The van der Waals surface area contributed by atoms with Crippen molar-refractivity contribution in [1.82, 2.24) is 0 Å². The zero-order chi connectivity index (χ0) is 14.3. The van der Waals surface area contributed by atoms with Crippen molar-refractivity contribution in [2.24, 2.45) is 5.41 Å². The van der Waals surface area contributed by atoms with Gasteiger partial charge in [0.1, 0.15) is 11.5 Å². The molecule has 0 N–H and O–H groups in total. The third kappa shape index (κ3) is 2.01. The summed E-state index contributed by atoms with van der Waals surface area (Å²) in [6.07, 6.45) is 0. The van der Waals surface area contributed by atoms with E-state index in [1.54, 1.807) is 0 Å². The average Bonchev–Trinajstić information content (AvgIpc) is 2.52. The molecule has 1 atom stereocenters. The second-order valence-electron chi connectivity index (χ2n) is 6.30. The number of rotatable bonds is 0. The fourth-order valence-corrected chi connectivity index (χ4v) is 2.85. The second-order valence-corrected chi connectivity index (χ2v) is 6.30. The van der Waals surface area contributed by atoms with E-state index in [2.05, 4.69) is 20.8 Å². The smallest absolute Gasteiger partial charge is 0.174 e. The van der Waals surface area contributed by atoms with Crippen molar-refractivity contribution in [2.75, 3.05) is 0 Å². The maximum absolute atomic E-state index is 13.0. The molecule has 0 radical (unpaired) electrons. The van der Waals surface area contributed by atoms with Gasteiger partial charge < -0.3 is 4.74 Å². The molecule has 0 amide bonds. The molecule has 0 saturated carbocycles. The number of Topliss-reactive ketones (excluding diaryl/α,β-unsaturated/α-hetero) is 1. The van der Waals surface area contributed by atoms with Gasteiger partial charge in [-0.25, -0.2) is 0 Å². The van der Waals surface area contributed by atoms with Crippen molar-refractivity contribution in [3.05, 3.63) is 59.7 Å². The first kappa shape index (κ1) is 12.9. The highest BCUT2D eigenvalue weighted by molar-refractivity contribution is 6.04. The van der Waals surface area contributed by atoms with Crippen molar-refractivity contribution in [1.29, 1.82) is 0 Å². The first-order valence-corrected chi connectivity index (χ1v) is 6.88. The molecule has 20 heavy (non-hydrogen) atoms. The zero-order valence-corrected chi connectivity index (χ0v) is 12.0. The van der Waals surface area contributed by atoms with Crippen molar-refractivity contribution in [3.63, 3.8) is 0 Å². The number of para-hydroxylation sites is 2. The lowest BCUT2D eigenvalue weighted by Crippen LogP contribution is -2.26. The van der Waals surface area contributed by atoms with Gasteiger partial charge in [0, 0.05) is 5.56 Å². The maximum atomic E-state index is 13.0. The molecule has 0 aliphatic carbocycles. The Hall–Kier alpha value is -2.09. The zero-order valence-electron chi connectivity index (χ0n) is 12.0. The van der Waals surface area contributed by atoms with Crippen LogP contribution in [0.4, 0.5) is 0 Å². The minimum Gasteiger partial charge on any atom is -0.456 e. The fraction of sp³-hybridized carbons (Fsp3) is 0.278. The van der Waals surface area contributed by atoms with Crippen LogP contribution < -0.4 is 4.74 Å². The van der Waals surface area contributed by atoms with Crippen molar-refractivity contribution in [3.8, 4) is 11.5 Å². The molecular formula is C18H18O2. The molecule has 0 bridgehead atoms. The topological polar surface area (TPSA) is 26.3 Å². The van der Waals surface area contributed by atoms with Crippen LogP contribution in [0.2, 0.25) is 0 Å². The minimum atomic E-state index is -0.192. The molecule has 1 aliphatic rings. The fourth-order valence-electron chi connectivity index (χ4n) is 2.85. The summed E-state index contributed by atoms with van der Waals surface area (Å²) in [4.78, 5) is 13.0. The van der Waals surface area contributed by atoms with Gasteiger partial charge in [0.2, 0.25) is 0 Å². The highest BCUT2D eigenvalue weighted by atomic mass is 16.5. The van der Waals surface area contributed by atoms with Crippen molar-refractivity contribution < 1.29 is 9.53 Å². The number of carbonyl (C=O) groups excluding carboxylic acids is 1. The monoisotopic (exact) mass is 266 g/mol. The van der Waals surface area contributed by atoms with Crippen LogP contribution in [0.3, 0.4) is 0 Å². The summed E-state index contributed by atoms with van der Waals surface area (Å²) in [6.45, 7) is 6.29. The lowest BCUT2D eigenvalue weighted by molar-refractivity contribution is 0.0899. The molecule has 3 rings (SSSR count). The SMILES string of the molecule is CC(C)(C)C1C(=O)c2ccccc2Oc2ccccc21. The maximum Gasteiger partial charge on any atom is 0.174 e. The molecule has 2 heteroatoms. The van der Waals surface area contributed by atoms with Crippen LogP contribution in [0.5, 0.6) is 11.5 Å². The molecule has 1 aliphatic heterocycles. The predicted molar refractivity (Wildman–Crippen MR) is 79.5 cm³/mol. The first-order chi connectivity index (χ1) is 9.48. The summed E-state index contributed by atoms with van der Waals surface area (Å²) in [5.74, 6) is 1.38. The van der Waals surface area contributed by atoms with Gasteiger partial charge in [0.05, 0.1) is 11.5 Å². The van der Waals surface area contributed by atoms with E-state index in [1.165, 1.54) is 0 Å². The summed E-state index contributed by atoms with van der Waals surface area (Å²) in [7, 11) is 0. The van der Waals surface area contributed by atoms with Gasteiger partial charge >= 0.3 is 0 Å². The van der Waals surface area contributed by atoms with Gasteiger partial charge in [-0.15, -0.1) is 0 Å². The van der Waals surface area contributed by atoms with E-state index < -0.39 is 0 Å². The minimum absolute atomic E-state index is 0.137. The van der Waals surface area contributed by atoms with Crippen molar-refractivity contribution in [2.45, 2.75) is 26.7 Å². The summed E-state index contributed by atoms with van der Waals surface area (Å²) >= 11 is 0. The largest absolute Gasteiger partial charge is 0.456 e. The van der Waals surface area contributed by atoms with Gasteiger partial charge in [-0.1, -0.05) is 51.1 Å². The van der Waals surface area contributed by atoms with Gasteiger partial charge in [0.25, 0.3) is 0 Å². The van der Waals surface area contributed by atoms with Gasteiger partial charge in [-0.2, -0.15) is 0 Å². The Morgan fingerprint density at radius 1 is 0.900 bits per heavy atom. The Balaban J connectivity index is 2.27. The second kappa shape index (κ2) is 4.48. The molecule has 1 unspecified atom stereocenters. The van der Waals surface area contributed by atoms with E-state index in [4.69, 9.17) is 4.74 Å². The Morgan fingerprint density at radius 2 is 1.50 bits per heavy atom. The molecule has 1 heterocycles. The van der Waals surface area contributed by atoms with E-state index in [0.717, 1.165) is 11.3 Å². The van der Waals surface area contributed by atoms with Crippen LogP contribution in [0, 0.1) is 5.41 Å². The van der Waals surface area contributed by atoms with Crippen LogP contribution in [0.25, 0.3) is 0 Å². The quantitative estimate of drug-likeness (QED) is 0.684. The average molecular weight is 266 g/mol. The molecule has 2 aromatic rings. The van der Waals surface area contributed by atoms with E-state index in [1.807, 2.05) is 48.5 Å². The van der Waals surface area contributed by atoms with Gasteiger partial charge in [0.15, 0.2) is 5.78 Å². The van der Waals surface area contributed by atoms with Crippen LogP contribution in [-0.2, 0) is 0 Å². The lowest BCUT2D eigenvalue weighted by Gasteiger charge is -2.29. The summed E-state index contributed by atoms with van der Waals surface area (Å²) in [5, 5.41) is 0. The normalized spacial score (nSPS) is 17.8. The molecule has 2 nitrogen and oxygen atoms in total. The first-order valence-electron chi connectivity index (χ1n) is 6.88. The third-order valence-corrected chi connectivity index (χ3v) is 3.73. The van der Waals surface area contributed by atoms with Gasteiger partial charge in [-0.3, -0.25) is 4.79 Å². The molecule has 0 saturated heterocycles. The summed E-state index contributed by atoms with van der Waals surface area (Å²) in [6, 6.07) is 15.3. The highest BCUT2D eigenvalue weighted by Gasteiger charge is 2.38. The van der Waals surface area contributed by atoms with Crippen LogP contribution in [0.15, 0.2) is 48.5 Å². The standard InChI is InChI=1S/C18H18O2/c1-18(2,3)16-12-8-4-6-10-14(12)20-15-11-7-5-9-13(15)17(16)19/h4-11,16H,1-3H3. The number of hydrogen-bond donors (Lipinski definition) is 0. The van der Waals surface area contributed by atoms with Crippen LogP contribution >= 0.6 is 0 Å². The Morgan fingerprint density at radius 3 is 2.20 bits per heavy atom. The highest BCUT2D eigenvalue weighted by Crippen LogP contribution is 2.46. The molecule has 2 aromatic carbocycles. The van der Waals surface area contributed by atoms with Crippen LogP contribution in [0.1, 0.15) is 42.6 Å². The van der Waals surface area contributed by atoms with Crippen molar-refractivity contribution >= 4 is 5.78 Å². The number of ether oxygens (including phenoxy) is 1. The van der Waals surface area contributed by atoms with E-state index >= 15 is 0 Å². The summed E-state index contributed by atoms with van der Waals surface area (Å²) < 4.78 is 5.98. The lowest BCUT2D eigenvalue weighted by atomic mass is 9.72. The Labute approximate surface area is 119 Å². The number of hydrogen-bond acceptors (Lipinski definition) is 2. The molecule has 0 aromatic heterocycles. The summed E-state index contributed by atoms with van der Waals surface area (Å²) in [5.41, 5.74) is 1.48.